The Bertz CT molecular complexity index is 1260. The first kappa shape index (κ1) is 27.1. The van der Waals surface area contributed by atoms with Gasteiger partial charge >= 0.3 is 0 Å². The van der Waals surface area contributed by atoms with E-state index in [2.05, 4.69) is 15.6 Å². The topological polar surface area (TPSA) is 93.6 Å². The summed E-state index contributed by atoms with van der Waals surface area (Å²) in [5.74, 6) is 0.900. The van der Waals surface area contributed by atoms with Crippen LogP contribution in [-0.2, 0) is 16.0 Å². The highest BCUT2D eigenvalue weighted by molar-refractivity contribution is 6.09. The molecule has 10 heteroatoms. The van der Waals surface area contributed by atoms with Crippen LogP contribution < -0.4 is 15.5 Å². The van der Waals surface area contributed by atoms with Gasteiger partial charge in [-0.1, -0.05) is 0 Å². The highest BCUT2D eigenvalue weighted by atomic mass is 19.3. The molecule has 1 fully saturated rings. The number of carbonyl (C=O) groups excluding carboxylic acids is 1. The molecule has 0 radical (unpaired) electrons. The van der Waals surface area contributed by atoms with E-state index in [4.69, 9.17) is 4.74 Å². The van der Waals surface area contributed by atoms with Gasteiger partial charge in [0, 0.05) is 87.0 Å². The lowest BCUT2D eigenvalue weighted by Gasteiger charge is -2.38. The predicted octanol–water partition coefficient (Wildman–Crippen LogP) is 4.73. The van der Waals surface area contributed by atoms with Gasteiger partial charge in [0.2, 0.25) is 5.91 Å². The standard InChI is InChI=1S/C29H36F2N6O2/c1-18(38)36-11-7-25(35-21-8-12-39-13-9-21)24(17-36)29(32)37-10-3-4-19-14-22(23(28(30)31)15-26(19)37)20-5-6-27(33-2)34-16-20/h5-6,14-16,21,28,32,35H,3-4,7-13,17H2,1-2H3,(H,33,34). The maximum Gasteiger partial charge on any atom is 0.264 e. The molecule has 3 aliphatic rings. The molecule has 1 aromatic heterocycles. The summed E-state index contributed by atoms with van der Waals surface area (Å²) < 4.78 is 34.3. The molecular weight excluding hydrogens is 502 g/mol. The molecule has 1 aromatic carbocycles. The Balaban J connectivity index is 1.51. The van der Waals surface area contributed by atoms with Gasteiger partial charge in [-0.3, -0.25) is 10.2 Å². The number of rotatable bonds is 6. The van der Waals surface area contributed by atoms with Crippen molar-refractivity contribution >= 4 is 23.2 Å². The average molecular weight is 539 g/mol. The molecule has 3 N–H and O–H groups in total. The second-order valence-corrected chi connectivity index (χ2v) is 10.3. The maximum atomic E-state index is 14.4. The Morgan fingerprint density at radius 2 is 1.97 bits per heavy atom. The van der Waals surface area contributed by atoms with Crippen molar-refractivity contribution in [1.29, 1.82) is 5.41 Å². The fraction of sp³-hybridized carbons (Fsp3) is 0.483. The summed E-state index contributed by atoms with van der Waals surface area (Å²) in [6, 6.07) is 7.21. The van der Waals surface area contributed by atoms with Crippen molar-refractivity contribution in [3.63, 3.8) is 0 Å². The van der Waals surface area contributed by atoms with Crippen LogP contribution in [-0.4, -0.2) is 67.6 Å². The van der Waals surface area contributed by atoms with E-state index in [1.807, 2.05) is 11.0 Å². The van der Waals surface area contributed by atoms with Crippen LogP contribution in [0.25, 0.3) is 11.1 Å². The molecule has 5 rings (SSSR count). The van der Waals surface area contributed by atoms with Gasteiger partial charge in [0.1, 0.15) is 11.7 Å². The van der Waals surface area contributed by atoms with Gasteiger partial charge in [-0.05, 0) is 61.1 Å². The number of nitrogens with one attached hydrogen (secondary N) is 3. The summed E-state index contributed by atoms with van der Waals surface area (Å²) in [6.07, 6.45) is 2.87. The smallest absolute Gasteiger partial charge is 0.264 e. The van der Waals surface area contributed by atoms with Crippen LogP contribution in [0.3, 0.4) is 0 Å². The van der Waals surface area contributed by atoms with E-state index in [1.165, 1.54) is 0 Å². The molecule has 8 nitrogen and oxygen atoms in total. The second-order valence-electron chi connectivity index (χ2n) is 10.3. The van der Waals surface area contributed by atoms with Crippen molar-refractivity contribution < 1.29 is 18.3 Å². The molecule has 4 heterocycles. The van der Waals surface area contributed by atoms with E-state index in [-0.39, 0.29) is 23.3 Å². The number of halogens is 2. The number of amidine groups is 1. The first-order chi connectivity index (χ1) is 18.9. The number of fused-ring (bicyclic) bond motifs is 1. The summed E-state index contributed by atoms with van der Waals surface area (Å²) in [5, 5.41) is 15.9. The molecule has 39 heavy (non-hydrogen) atoms. The number of alkyl halides is 2. The molecule has 1 amide bonds. The summed E-state index contributed by atoms with van der Waals surface area (Å²) in [6.45, 7) is 4.41. The van der Waals surface area contributed by atoms with Gasteiger partial charge in [0.15, 0.2) is 0 Å². The SMILES string of the molecule is CNc1ccc(-c2cc3c(cc2C(F)F)N(C(=N)C2=C(NC4CCOCC4)CCN(C(C)=O)C2)CCC3)cn1. The molecular formula is C29H36F2N6O2. The van der Waals surface area contributed by atoms with Crippen LogP contribution in [0.2, 0.25) is 0 Å². The Kier molecular flexibility index (Phi) is 8.11. The molecule has 0 unspecified atom stereocenters. The van der Waals surface area contributed by atoms with Crippen LogP contribution >= 0.6 is 0 Å². The van der Waals surface area contributed by atoms with E-state index in [0.29, 0.717) is 61.9 Å². The maximum absolute atomic E-state index is 14.4. The number of aryl methyl sites for hydroxylation is 1. The van der Waals surface area contributed by atoms with Gasteiger partial charge in [-0.15, -0.1) is 0 Å². The zero-order valence-electron chi connectivity index (χ0n) is 22.5. The number of hydrogen-bond donors (Lipinski definition) is 3. The molecule has 1 saturated heterocycles. The average Bonchev–Trinajstić information content (AvgIpc) is 2.96. The van der Waals surface area contributed by atoms with Gasteiger partial charge in [0.05, 0.1) is 6.54 Å². The Morgan fingerprint density at radius 1 is 1.18 bits per heavy atom. The van der Waals surface area contributed by atoms with E-state index in [0.717, 1.165) is 42.5 Å². The molecule has 0 atom stereocenters. The Labute approximate surface area is 227 Å². The molecule has 0 spiro atoms. The normalized spacial score (nSPS) is 18.3. The summed E-state index contributed by atoms with van der Waals surface area (Å²) in [4.78, 5) is 20.2. The zero-order valence-corrected chi connectivity index (χ0v) is 22.5. The highest BCUT2D eigenvalue weighted by Gasteiger charge is 2.31. The predicted molar refractivity (Wildman–Crippen MR) is 148 cm³/mol. The van der Waals surface area contributed by atoms with Crippen LogP contribution in [0.15, 0.2) is 41.7 Å². The van der Waals surface area contributed by atoms with Gasteiger partial charge in [-0.2, -0.15) is 0 Å². The van der Waals surface area contributed by atoms with Crippen molar-refractivity contribution in [2.45, 2.75) is 51.5 Å². The van der Waals surface area contributed by atoms with Gasteiger partial charge in [0.25, 0.3) is 6.43 Å². The zero-order chi connectivity index (χ0) is 27.5. The first-order valence-electron chi connectivity index (χ1n) is 13.6. The number of aromatic nitrogens is 1. The highest BCUT2D eigenvalue weighted by Crippen LogP contribution is 2.39. The number of anilines is 2. The van der Waals surface area contributed by atoms with Crippen LogP contribution in [0, 0.1) is 5.41 Å². The minimum Gasteiger partial charge on any atom is -0.385 e. The lowest BCUT2D eigenvalue weighted by atomic mass is 9.91. The second kappa shape index (κ2) is 11.7. The fourth-order valence-corrected chi connectivity index (χ4v) is 5.67. The van der Waals surface area contributed by atoms with E-state index >= 15 is 0 Å². The van der Waals surface area contributed by atoms with Crippen LogP contribution in [0.1, 0.15) is 50.2 Å². The van der Waals surface area contributed by atoms with E-state index in [9.17, 15) is 19.0 Å². The Morgan fingerprint density at radius 3 is 2.64 bits per heavy atom. The molecule has 3 aliphatic heterocycles. The van der Waals surface area contributed by atoms with Crippen molar-refractivity contribution in [2.75, 3.05) is 50.1 Å². The number of ether oxygens (including phenoxy) is 1. The summed E-state index contributed by atoms with van der Waals surface area (Å²) in [7, 11) is 1.76. The third-order valence-corrected chi connectivity index (χ3v) is 7.88. The molecule has 0 aliphatic carbocycles. The quantitative estimate of drug-likeness (QED) is 0.364. The van der Waals surface area contributed by atoms with Crippen molar-refractivity contribution in [2.24, 2.45) is 0 Å². The lowest BCUT2D eigenvalue weighted by molar-refractivity contribution is -0.128. The molecule has 0 saturated carbocycles. The third kappa shape index (κ3) is 5.75. The Hall–Kier alpha value is -3.53. The summed E-state index contributed by atoms with van der Waals surface area (Å²) in [5.41, 5.74) is 4.33. The first-order valence-corrected chi connectivity index (χ1v) is 13.6. The minimum absolute atomic E-state index is 0.0352. The monoisotopic (exact) mass is 538 g/mol. The summed E-state index contributed by atoms with van der Waals surface area (Å²) >= 11 is 0. The van der Waals surface area contributed by atoms with Crippen LogP contribution in [0.4, 0.5) is 20.3 Å². The minimum atomic E-state index is -2.68. The van der Waals surface area contributed by atoms with Gasteiger partial charge in [-0.25, -0.2) is 13.8 Å². The van der Waals surface area contributed by atoms with Crippen molar-refractivity contribution in [3.05, 3.63) is 52.9 Å². The van der Waals surface area contributed by atoms with Crippen LogP contribution in [0.5, 0.6) is 0 Å². The third-order valence-electron chi connectivity index (χ3n) is 7.88. The van der Waals surface area contributed by atoms with E-state index < -0.39 is 6.43 Å². The number of amides is 1. The number of benzene rings is 1. The number of nitrogens with zero attached hydrogens (tertiary/aromatic N) is 3. The number of hydrogen-bond acceptors (Lipinski definition) is 6. The van der Waals surface area contributed by atoms with Crippen molar-refractivity contribution in [3.8, 4) is 11.1 Å². The lowest BCUT2D eigenvalue weighted by Crippen LogP contribution is -2.46. The molecule has 208 valence electrons. The fourth-order valence-electron chi connectivity index (χ4n) is 5.67. The van der Waals surface area contributed by atoms with E-state index in [1.54, 1.807) is 43.3 Å². The molecule has 2 aromatic rings. The van der Waals surface area contributed by atoms with Gasteiger partial charge < -0.3 is 25.2 Å². The largest absolute Gasteiger partial charge is 0.385 e. The number of pyridine rings is 1. The molecule has 0 bridgehead atoms. The number of carbonyl (C=O) groups is 1. The van der Waals surface area contributed by atoms with Crippen molar-refractivity contribution in [1.82, 2.24) is 15.2 Å².